The average molecular weight is 251 g/mol. The summed E-state index contributed by atoms with van der Waals surface area (Å²) in [5.74, 6) is 1.77. The fraction of sp³-hybridized carbons (Fsp3) is 0.733. The maximum atomic E-state index is 3.75. The largest absolute Gasteiger partial charge is 0.309 e. The van der Waals surface area contributed by atoms with E-state index in [0.717, 1.165) is 18.4 Å². The Bertz CT molecular complexity index is 340. The highest BCUT2D eigenvalue weighted by molar-refractivity contribution is 7.12. The molecule has 1 N–H and O–H groups in total. The molecule has 2 unspecified atom stereocenters. The van der Waals surface area contributed by atoms with E-state index in [2.05, 4.69) is 38.2 Å². The average Bonchev–Trinajstić information content (AvgIpc) is 3.09. The summed E-state index contributed by atoms with van der Waals surface area (Å²) in [6, 6.07) is 5.24. The van der Waals surface area contributed by atoms with Crippen LogP contribution in [0.2, 0.25) is 0 Å². The minimum Gasteiger partial charge on any atom is -0.309 e. The van der Waals surface area contributed by atoms with Gasteiger partial charge in [-0.2, -0.15) is 0 Å². The summed E-state index contributed by atoms with van der Waals surface area (Å²) in [4.78, 5) is 3.07. The molecule has 1 aliphatic carbocycles. The van der Waals surface area contributed by atoms with Crippen molar-refractivity contribution in [2.45, 2.75) is 52.5 Å². The first-order valence-electron chi connectivity index (χ1n) is 7.08. The highest BCUT2D eigenvalue weighted by atomic mass is 32.1. The molecule has 0 saturated heterocycles. The molecular weight excluding hydrogens is 226 g/mol. The summed E-state index contributed by atoms with van der Waals surface area (Å²) in [6.07, 6.45) is 5.28. The van der Waals surface area contributed by atoms with Gasteiger partial charge in [-0.25, -0.2) is 0 Å². The van der Waals surface area contributed by atoms with Crippen molar-refractivity contribution in [3.63, 3.8) is 0 Å². The minimum absolute atomic E-state index is 0.591. The van der Waals surface area contributed by atoms with Crippen molar-refractivity contribution < 1.29 is 0 Å². The molecule has 0 aliphatic heterocycles. The van der Waals surface area contributed by atoms with E-state index in [9.17, 15) is 0 Å². The summed E-state index contributed by atoms with van der Waals surface area (Å²) in [6.45, 7) is 8.06. The van der Waals surface area contributed by atoms with Crippen molar-refractivity contribution >= 4 is 11.3 Å². The van der Waals surface area contributed by atoms with Crippen molar-refractivity contribution in [2.24, 2.45) is 11.8 Å². The van der Waals surface area contributed by atoms with Crippen molar-refractivity contribution in [1.29, 1.82) is 0 Å². The van der Waals surface area contributed by atoms with E-state index >= 15 is 0 Å². The van der Waals surface area contributed by atoms with Gasteiger partial charge >= 0.3 is 0 Å². The highest BCUT2D eigenvalue weighted by Crippen LogP contribution is 2.43. The van der Waals surface area contributed by atoms with Crippen LogP contribution >= 0.6 is 11.3 Å². The second kappa shape index (κ2) is 6.01. The normalized spacial score (nSPS) is 19.2. The fourth-order valence-electron chi connectivity index (χ4n) is 2.49. The third-order valence-electron chi connectivity index (χ3n) is 3.84. The van der Waals surface area contributed by atoms with Gasteiger partial charge in [0.25, 0.3) is 0 Å². The van der Waals surface area contributed by atoms with Crippen molar-refractivity contribution in [1.82, 2.24) is 5.32 Å². The van der Waals surface area contributed by atoms with E-state index in [4.69, 9.17) is 0 Å². The topological polar surface area (TPSA) is 12.0 Å². The number of hydrogen-bond acceptors (Lipinski definition) is 2. The Morgan fingerprint density at radius 2 is 2.12 bits per heavy atom. The van der Waals surface area contributed by atoms with E-state index in [0.29, 0.717) is 6.04 Å². The SMILES string of the molecule is CCCNC(c1ccc(CC)s1)C(C)C1CC1. The first-order valence-corrected chi connectivity index (χ1v) is 7.89. The van der Waals surface area contributed by atoms with E-state index in [1.54, 1.807) is 4.88 Å². The zero-order valence-corrected chi connectivity index (χ0v) is 12.1. The third-order valence-corrected chi connectivity index (χ3v) is 5.16. The Hall–Kier alpha value is -0.340. The molecule has 1 fully saturated rings. The molecule has 0 radical (unpaired) electrons. The van der Waals surface area contributed by atoms with Gasteiger partial charge in [-0.1, -0.05) is 20.8 Å². The Balaban J connectivity index is 2.07. The van der Waals surface area contributed by atoms with Gasteiger partial charge in [0.15, 0.2) is 0 Å². The van der Waals surface area contributed by atoms with Crippen LogP contribution in [0.1, 0.15) is 55.8 Å². The molecule has 96 valence electrons. The van der Waals surface area contributed by atoms with E-state index in [1.165, 1.54) is 30.6 Å². The zero-order chi connectivity index (χ0) is 12.3. The molecule has 2 atom stereocenters. The molecule has 1 nitrogen and oxygen atoms in total. The quantitative estimate of drug-likeness (QED) is 0.757. The molecule has 0 spiro atoms. The number of hydrogen-bond donors (Lipinski definition) is 1. The molecule has 0 amide bonds. The molecular formula is C15H25NS. The van der Waals surface area contributed by atoms with Gasteiger partial charge in [0.05, 0.1) is 0 Å². The van der Waals surface area contributed by atoms with Gasteiger partial charge in [0.2, 0.25) is 0 Å². The predicted molar refractivity (Wildman–Crippen MR) is 76.6 cm³/mol. The van der Waals surface area contributed by atoms with Crippen LogP contribution in [0.5, 0.6) is 0 Å². The summed E-state index contributed by atoms with van der Waals surface area (Å²) in [5.41, 5.74) is 0. The number of nitrogens with one attached hydrogen (secondary N) is 1. The molecule has 1 aromatic rings. The molecule has 0 aromatic carbocycles. The number of aryl methyl sites for hydroxylation is 1. The van der Waals surface area contributed by atoms with Crippen LogP contribution in [0.4, 0.5) is 0 Å². The summed E-state index contributed by atoms with van der Waals surface area (Å²) >= 11 is 2.00. The molecule has 1 saturated carbocycles. The summed E-state index contributed by atoms with van der Waals surface area (Å²) in [5, 5.41) is 3.75. The van der Waals surface area contributed by atoms with E-state index < -0.39 is 0 Å². The second-order valence-corrected chi connectivity index (χ2v) is 6.49. The number of rotatable bonds is 7. The molecule has 1 aromatic heterocycles. The van der Waals surface area contributed by atoms with Crippen LogP contribution in [0, 0.1) is 11.8 Å². The smallest absolute Gasteiger partial charge is 0.0443 e. The van der Waals surface area contributed by atoms with Crippen LogP contribution in [0.3, 0.4) is 0 Å². The third kappa shape index (κ3) is 3.32. The van der Waals surface area contributed by atoms with Gasteiger partial charge in [0.1, 0.15) is 0 Å². The standard InChI is InChI=1S/C15H25NS/c1-4-10-16-15(11(3)12-6-7-12)14-9-8-13(5-2)17-14/h8-9,11-12,15-16H,4-7,10H2,1-3H3. The molecule has 2 rings (SSSR count). The fourth-order valence-corrected chi connectivity index (χ4v) is 3.64. The van der Waals surface area contributed by atoms with E-state index in [-0.39, 0.29) is 0 Å². The highest BCUT2D eigenvalue weighted by Gasteiger charge is 2.34. The Morgan fingerprint density at radius 3 is 2.65 bits per heavy atom. The van der Waals surface area contributed by atoms with Gasteiger partial charge < -0.3 is 5.32 Å². The van der Waals surface area contributed by atoms with Gasteiger partial charge in [-0.15, -0.1) is 11.3 Å². The first-order chi connectivity index (χ1) is 8.26. The van der Waals surface area contributed by atoms with E-state index in [1.807, 2.05) is 11.3 Å². The lowest BCUT2D eigenvalue weighted by atomic mass is 9.95. The van der Waals surface area contributed by atoms with Crippen molar-refractivity contribution in [3.8, 4) is 0 Å². The summed E-state index contributed by atoms with van der Waals surface area (Å²) < 4.78 is 0. The van der Waals surface area contributed by atoms with Crippen LogP contribution in [0.25, 0.3) is 0 Å². The maximum Gasteiger partial charge on any atom is 0.0443 e. The molecule has 1 heterocycles. The maximum absolute atomic E-state index is 3.75. The van der Waals surface area contributed by atoms with Crippen LogP contribution in [0.15, 0.2) is 12.1 Å². The Morgan fingerprint density at radius 1 is 1.35 bits per heavy atom. The second-order valence-electron chi connectivity index (χ2n) is 5.29. The lowest BCUT2D eigenvalue weighted by Crippen LogP contribution is -2.28. The monoisotopic (exact) mass is 251 g/mol. The molecule has 1 aliphatic rings. The van der Waals surface area contributed by atoms with Crippen LogP contribution in [-0.2, 0) is 6.42 Å². The van der Waals surface area contributed by atoms with Crippen LogP contribution in [-0.4, -0.2) is 6.54 Å². The predicted octanol–water partition coefficient (Wildman–Crippen LogP) is 4.40. The lowest BCUT2D eigenvalue weighted by Gasteiger charge is -2.24. The first kappa shape index (κ1) is 13.1. The van der Waals surface area contributed by atoms with Gasteiger partial charge in [0, 0.05) is 15.8 Å². The Labute approximate surface area is 110 Å². The minimum atomic E-state index is 0.591. The Kier molecular flexibility index (Phi) is 4.63. The molecule has 2 heteroatoms. The van der Waals surface area contributed by atoms with Gasteiger partial charge in [-0.3, -0.25) is 0 Å². The summed E-state index contributed by atoms with van der Waals surface area (Å²) in [7, 11) is 0. The van der Waals surface area contributed by atoms with Gasteiger partial charge in [-0.05, 0) is 56.2 Å². The molecule has 17 heavy (non-hydrogen) atoms. The van der Waals surface area contributed by atoms with Crippen LogP contribution < -0.4 is 5.32 Å². The zero-order valence-electron chi connectivity index (χ0n) is 11.3. The number of thiophene rings is 1. The van der Waals surface area contributed by atoms with Crippen molar-refractivity contribution in [2.75, 3.05) is 6.54 Å². The molecule has 0 bridgehead atoms. The lowest BCUT2D eigenvalue weighted by molar-refractivity contribution is 0.354. The van der Waals surface area contributed by atoms with Crippen molar-refractivity contribution in [3.05, 3.63) is 21.9 Å².